The fraction of sp³-hybridized carbons (Fsp3) is 0.619. The van der Waals surface area contributed by atoms with Crippen LogP contribution in [-0.4, -0.2) is 43.0 Å². The second-order valence-electron chi connectivity index (χ2n) is 8.03. The number of piperidine rings is 1. The molecule has 2 fully saturated rings. The predicted molar refractivity (Wildman–Crippen MR) is 110 cm³/mol. The van der Waals surface area contributed by atoms with Crippen molar-refractivity contribution in [2.45, 2.75) is 57.2 Å². The maximum Gasteiger partial charge on any atom is 0.391 e. The SMILES string of the molecule is C=NC[C@H]1CCC1c1cc(NC(=O)N2CC[C@H](C(F)(F)F)CC2CC)ccc1Cl. The number of hydrogen-bond acceptors (Lipinski definition) is 2. The number of urea groups is 1. The van der Waals surface area contributed by atoms with Gasteiger partial charge in [-0.15, -0.1) is 0 Å². The lowest BCUT2D eigenvalue weighted by atomic mass is 9.70. The third kappa shape index (κ3) is 4.87. The Bertz CT molecular complexity index is 755. The zero-order valence-corrected chi connectivity index (χ0v) is 17.3. The van der Waals surface area contributed by atoms with E-state index in [9.17, 15) is 18.0 Å². The average Bonchev–Trinajstić information content (AvgIpc) is 2.66. The fourth-order valence-corrected chi connectivity index (χ4v) is 4.72. The molecule has 0 spiro atoms. The summed E-state index contributed by atoms with van der Waals surface area (Å²) in [6, 6.07) is 4.59. The molecule has 8 heteroatoms. The molecule has 3 rings (SSSR count). The van der Waals surface area contributed by atoms with Crippen LogP contribution in [0, 0.1) is 11.8 Å². The molecule has 2 amide bonds. The van der Waals surface area contributed by atoms with E-state index in [4.69, 9.17) is 11.6 Å². The molecule has 0 radical (unpaired) electrons. The van der Waals surface area contributed by atoms with Crippen LogP contribution in [0.25, 0.3) is 0 Å². The number of likely N-dealkylation sites (tertiary alicyclic amines) is 1. The van der Waals surface area contributed by atoms with Gasteiger partial charge in [-0.2, -0.15) is 13.2 Å². The number of nitrogens with one attached hydrogen (secondary N) is 1. The third-order valence-corrected chi connectivity index (χ3v) is 6.68. The Morgan fingerprint density at radius 3 is 2.69 bits per heavy atom. The zero-order valence-electron chi connectivity index (χ0n) is 16.5. The molecule has 2 unspecified atom stereocenters. The first kappa shape index (κ1) is 21.9. The quantitative estimate of drug-likeness (QED) is 0.563. The highest BCUT2D eigenvalue weighted by Crippen LogP contribution is 2.45. The van der Waals surface area contributed by atoms with Crippen molar-refractivity contribution < 1.29 is 18.0 Å². The number of amides is 2. The van der Waals surface area contributed by atoms with Crippen molar-refractivity contribution in [1.29, 1.82) is 0 Å². The highest BCUT2D eigenvalue weighted by atomic mass is 35.5. The van der Waals surface area contributed by atoms with Crippen LogP contribution in [0.15, 0.2) is 23.2 Å². The molecule has 4 atom stereocenters. The van der Waals surface area contributed by atoms with Gasteiger partial charge in [-0.05, 0) is 74.4 Å². The second kappa shape index (κ2) is 8.94. The maximum absolute atomic E-state index is 13.1. The number of carbonyl (C=O) groups is 1. The highest BCUT2D eigenvalue weighted by Gasteiger charge is 2.44. The van der Waals surface area contributed by atoms with Crippen molar-refractivity contribution in [3.8, 4) is 0 Å². The normalized spacial score (nSPS) is 27.3. The standard InChI is InChI=1S/C21H27ClF3N3O/c1-3-16-10-14(21(23,24)25)8-9-28(16)20(29)27-15-5-7-19(22)18(11-15)17-6-4-13(17)12-26-2/h5,7,11,13-14,16-17H,2-4,6,8-10,12H2,1H3,(H,27,29)/t13-,14+,16?,17?/m1/s1. The molecule has 0 bridgehead atoms. The minimum Gasteiger partial charge on any atom is -0.322 e. The van der Waals surface area contributed by atoms with Crippen molar-refractivity contribution in [3.05, 3.63) is 28.8 Å². The van der Waals surface area contributed by atoms with Crippen molar-refractivity contribution >= 4 is 30.0 Å². The van der Waals surface area contributed by atoms with Crippen molar-refractivity contribution in [1.82, 2.24) is 4.90 Å². The van der Waals surface area contributed by atoms with E-state index >= 15 is 0 Å². The van der Waals surface area contributed by atoms with E-state index in [-0.39, 0.29) is 31.3 Å². The molecule has 1 aromatic rings. The van der Waals surface area contributed by atoms with E-state index in [2.05, 4.69) is 17.0 Å². The minimum absolute atomic E-state index is 0.0441. The summed E-state index contributed by atoms with van der Waals surface area (Å²) in [5.41, 5.74) is 1.59. The Hall–Kier alpha value is -1.76. The van der Waals surface area contributed by atoms with Gasteiger partial charge in [0.05, 0.1) is 5.92 Å². The molecule has 1 N–H and O–H groups in total. The van der Waals surface area contributed by atoms with Crippen LogP contribution in [0.2, 0.25) is 5.02 Å². The Morgan fingerprint density at radius 2 is 2.10 bits per heavy atom. The molecule has 1 aromatic carbocycles. The molecular weight excluding hydrogens is 403 g/mol. The number of aliphatic imine (C=N–C) groups is 1. The molecule has 4 nitrogen and oxygen atoms in total. The number of alkyl halides is 3. The van der Waals surface area contributed by atoms with E-state index in [0.717, 1.165) is 18.4 Å². The summed E-state index contributed by atoms with van der Waals surface area (Å²) in [4.78, 5) is 18.3. The van der Waals surface area contributed by atoms with Gasteiger partial charge in [0, 0.05) is 29.8 Å². The van der Waals surface area contributed by atoms with Crippen LogP contribution >= 0.6 is 11.6 Å². The molecule has 1 heterocycles. The smallest absolute Gasteiger partial charge is 0.322 e. The van der Waals surface area contributed by atoms with E-state index in [1.165, 1.54) is 4.90 Å². The van der Waals surface area contributed by atoms with Gasteiger partial charge in [-0.25, -0.2) is 4.79 Å². The van der Waals surface area contributed by atoms with Crippen molar-refractivity contribution in [2.75, 3.05) is 18.4 Å². The molecule has 1 saturated heterocycles. The van der Waals surface area contributed by atoms with Gasteiger partial charge in [0.15, 0.2) is 0 Å². The average molecular weight is 430 g/mol. The Morgan fingerprint density at radius 1 is 1.34 bits per heavy atom. The molecular formula is C21H27ClF3N3O. The summed E-state index contributed by atoms with van der Waals surface area (Å²) >= 11 is 6.38. The summed E-state index contributed by atoms with van der Waals surface area (Å²) in [5, 5.41) is 3.51. The topological polar surface area (TPSA) is 44.7 Å². The highest BCUT2D eigenvalue weighted by molar-refractivity contribution is 6.31. The lowest BCUT2D eigenvalue weighted by molar-refractivity contribution is -0.187. The monoisotopic (exact) mass is 429 g/mol. The second-order valence-corrected chi connectivity index (χ2v) is 8.44. The summed E-state index contributed by atoms with van der Waals surface area (Å²) < 4.78 is 39.2. The van der Waals surface area contributed by atoms with E-state index in [0.29, 0.717) is 29.6 Å². The summed E-state index contributed by atoms with van der Waals surface area (Å²) in [7, 11) is 0. The lowest BCUT2D eigenvalue weighted by Gasteiger charge is -2.39. The van der Waals surface area contributed by atoms with E-state index < -0.39 is 18.1 Å². The number of hydrogen-bond donors (Lipinski definition) is 1. The van der Waals surface area contributed by atoms with E-state index in [1.54, 1.807) is 12.1 Å². The predicted octanol–water partition coefficient (Wildman–Crippen LogP) is 6.12. The zero-order chi connectivity index (χ0) is 21.2. The van der Waals surface area contributed by atoms with Crippen LogP contribution in [0.3, 0.4) is 0 Å². The minimum atomic E-state index is -4.21. The number of anilines is 1. The van der Waals surface area contributed by atoms with E-state index in [1.807, 2.05) is 13.0 Å². The number of benzene rings is 1. The molecule has 1 saturated carbocycles. The van der Waals surface area contributed by atoms with Crippen LogP contribution in [0.4, 0.5) is 23.7 Å². The molecule has 0 aromatic heterocycles. The van der Waals surface area contributed by atoms with Gasteiger partial charge in [0.25, 0.3) is 0 Å². The molecule has 2 aliphatic rings. The number of halogens is 4. The first-order chi connectivity index (χ1) is 13.7. The fourth-order valence-electron chi connectivity index (χ4n) is 4.47. The Kier molecular flexibility index (Phi) is 6.76. The third-order valence-electron chi connectivity index (χ3n) is 6.34. The Labute approximate surface area is 174 Å². The van der Waals surface area contributed by atoms with Gasteiger partial charge in [-0.1, -0.05) is 18.5 Å². The van der Waals surface area contributed by atoms with Crippen LogP contribution in [-0.2, 0) is 0 Å². The first-order valence-electron chi connectivity index (χ1n) is 10.1. The molecule has 1 aliphatic carbocycles. The van der Waals surface area contributed by atoms with Crippen LogP contribution < -0.4 is 5.32 Å². The van der Waals surface area contributed by atoms with Crippen molar-refractivity contribution in [2.24, 2.45) is 16.8 Å². The number of nitrogens with zero attached hydrogens (tertiary/aromatic N) is 2. The largest absolute Gasteiger partial charge is 0.391 e. The lowest BCUT2D eigenvalue weighted by Crippen LogP contribution is -2.50. The van der Waals surface area contributed by atoms with Gasteiger partial charge < -0.3 is 15.2 Å². The summed E-state index contributed by atoms with van der Waals surface area (Å²) in [6.45, 7) is 6.16. The number of rotatable bonds is 5. The van der Waals surface area contributed by atoms with Crippen LogP contribution in [0.5, 0.6) is 0 Å². The first-order valence-corrected chi connectivity index (χ1v) is 10.5. The molecule has 1 aliphatic heterocycles. The van der Waals surface area contributed by atoms with Crippen molar-refractivity contribution in [3.63, 3.8) is 0 Å². The van der Waals surface area contributed by atoms with Gasteiger partial charge in [-0.3, -0.25) is 0 Å². The molecule has 29 heavy (non-hydrogen) atoms. The van der Waals surface area contributed by atoms with Gasteiger partial charge in [0.1, 0.15) is 0 Å². The van der Waals surface area contributed by atoms with Gasteiger partial charge >= 0.3 is 12.2 Å². The van der Waals surface area contributed by atoms with Gasteiger partial charge in [0.2, 0.25) is 0 Å². The maximum atomic E-state index is 13.1. The molecule has 160 valence electrons. The number of carbonyl (C=O) groups excluding carboxylic acids is 1. The summed E-state index contributed by atoms with van der Waals surface area (Å²) in [6.07, 6.45) is -1.73. The van der Waals surface area contributed by atoms with Crippen LogP contribution in [0.1, 0.15) is 50.5 Å². The summed E-state index contributed by atoms with van der Waals surface area (Å²) in [5.74, 6) is -0.648. The Balaban J connectivity index is 1.69.